The molecule has 3 rings (SSSR count). The van der Waals surface area contributed by atoms with Crippen LogP contribution in [0.3, 0.4) is 0 Å². The van der Waals surface area contributed by atoms with Crippen LogP contribution in [0.1, 0.15) is 6.92 Å². The molecule has 3 aromatic rings. The third kappa shape index (κ3) is 4.40. The lowest BCUT2D eigenvalue weighted by molar-refractivity contribution is -0.113. The van der Waals surface area contributed by atoms with E-state index in [1.54, 1.807) is 0 Å². The molecular formula is C18H17IN4OS. The van der Waals surface area contributed by atoms with Crippen molar-refractivity contribution in [1.82, 2.24) is 14.8 Å². The molecule has 0 unspecified atom stereocenters. The molecular weight excluding hydrogens is 447 g/mol. The molecule has 0 saturated carbocycles. The summed E-state index contributed by atoms with van der Waals surface area (Å²) < 4.78 is 3.04. The first-order valence-corrected chi connectivity index (χ1v) is 9.91. The Morgan fingerprint density at radius 2 is 1.84 bits per heavy atom. The van der Waals surface area contributed by atoms with Crippen LogP contribution in [0.15, 0.2) is 59.8 Å². The van der Waals surface area contributed by atoms with Crippen LogP contribution in [-0.4, -0.2) is 26.4 Å². The van der Waals surface area contributed by atoms with E-state index < -0.39 is 0 Å². The first kappa shape index (κ1) is 17.9. The van der Waals surface area contributed by atoms with Crippen LogP contribution in [0.4, 0.5) is 5.69 Å². The highest BCUT2D eigenvalue weighted by Crippen LogP contribution is 2.24. The molecule has 25 heavy (non-hydrogen) atoms. The summed E-state index contributed by atoms with van der Waals surface area (Å²) in [7, 11) is 0. The summed E-state index contributed by atoms with van der Waals surface area (Å²) in [4.78, 5) is 12.2. The normalized spacial score (nSPS) is 10.6. The number of carbonyl (C=O) groups excluding carboxylic acids is 1. The summed E-state index contributed by atoms with van der Waals surface area (Å²) in [6.45, 7) is 2.80. The summed E-state index contributed by atoms with van der Waals surface area (Å²) in [5.41, 5.74) is 1.85. The van der Waals surface area contributed by atoms with Crippen molar-refractivity contribution in [2.75, 3.05) is 11.1 Å². The van der Waals surface area contributed by atoms with Crippen LogP contribution in [0.2, 0.25) is 0 Å². The molecule has 0 bridgehead atoms. The number of halogens is 1. The number of carbonyl (C=O) groups is 1. The Kier molecular flexibility index (Phi) is 6.09. The molecule has 5 nitrogen and oxygen atoms in total. The van der Waals surface area contributed by atoms with Crippen LogP contribution in [0, 0.1) is 3.57 Å². The van der Waals surface area contributed by atoms with Gasteiger partial charge in [-0.15, -0.1) is 10.2 Å². The van der Waals surface area contributed by atoms with Crippen molar-refractivity contribution in [3.8, 4) is 11.4 Å². The largest absolute Gasteiger partial charge is 0.324 e. The second-order valence-electron chi connectivity index (χ2n) is 5.23. The van der Waals surface area contributed by atoms with Crippen LogP contribution in [-0.2, 0) is 11.3 Å². The number of hydrogen-bond acceptors (Lipinski definition) is 4. The Bertz CT molecular complexity index is 867. The summed E-state index contributed by atoms with van der Waals surface area (Å²) in [5, 5.41) is 12.2. The van der Waals surface area contributed by atoms with Gasteiger partial charge in [-0.25, -0.2) is 0 Å². The first-order valence-electron chi connectivity index (χ1n) is 7.85. The Balaban J connectivity index is 1.68. The highest BCUT2D eigenvalue weighted by Gasteiger charge is 2.14. The molecule has 1 aromatic heterocycles. The highest BCUT2D eigenvalue weighted by atomic mass is 127. The minimum Gasteiger partial charge on any atom is -0.324 e. The van der Waals surface area contributed by atoms with E-state index in [9.17, 15) is 4.79 Å². The van der Waals surface area contributed by atoms with Gasteiger partial charge in [0.15, 0.2) is 11.0 Å². The number of rotatable bonds is 6. The van der Waals surface area contributed by atoms with Crippen molar-refractivity contribution in [1.29, 1.82) is 0 Å². The van der Waals surface area contributed by atoms with Crippen LogP contribution < -0.4 is 5.32 Å². The van der Waals surface area contributed by atoms with Crippen molar-refractivity contribution in [3.05, 3.63) is 58.2 Å². The van der Waals surface area contributed by atoms with E-state index in [4.69, 9.17) is 0 Å². The van der Waals surface area contributed by atoms with E-state index >= 15 is 0 Å². The van der Waals surface area contributed by atoms with Crippen LogP contribution in [0.25, 0.3) is 11.4 Å². The fraction of sp³-hybridized carbons (Fsp3) is 0.167. The van der Waals surface area contributed by atoms with E-state index in [-0.39, 0.29) is 11.7 Å². The third-order valence-corrected chi connectivity index (χ3v) is 5.45. The molecule has 0 aliphatic carbocycles. The van der Waals surface area contributed by atoms with Crippen LogP contribution >= 0.6 is 34.4 Å². The average molecular weight is 464 g/mol. The molecule has 1 heterocycles. The summed E-state index contributed by atoms with van der Waals surface area (Å²) in [6.07, 6.45) is 0. The molecule has 0 atom stereocenters. The lowest BCUT2D eigenvalue weighted by Crippen LogP contribution is -2.15. The SMILES string of the molecule is CCn1c(SCC(=O)Nc2ccccc2I)nnc1-c1ccccc1. The molecule has 1 amide bonds. The van der Waals surface area contributed by atoms with Crippen molar-refractivity contribution >= 4 is 45.9 Å². The molecule has 0 radical (unpaired) electrons. The molecule has 1 N–H and O–H groups in total. The molecule has 2 aromatic carbocycles. The number of anilines is 1. The van der Waals surface area contributed by atoms with E-state index in [1.807, 2.05) is 66.1 Å². The number of aromatic nitrogens is 3. The van der Waals surface area contributed by atoms with Gasteiger partial charge < -0.3 is 9.88 Å². The van der Waals surface area contributed by atoms with Crippen molar-refractivity contribution in [2.24, 2.45) is 0 Å². The lowest BCUT2D eigenvalue weighted by Gasteiger charge is -2.08. The number of amides is 1. The summed E-state index contributed by atoms with van der Waals surface area (Å²) in [5.74, 6) is 1.06. The second-order valence-corrected chi connectivity index (χ2v) is 7.34. The zero-order chi connectivity index (χ0) is 17.6. The predicted molar refractivity (Wildman–Crippen MR) is 110 cm³/mol. The molecule has 7 heteroatoms. The van der Waals surface area contributed by atoms with Gasteiger partial charge in [-0.3, -0.25) is 4.79 Å². The van der Waals surface area contributed by atoms with Gasteiger partial charge >= 0.3 is 0 Å². The van der Waals surface area contributed by atoms with Gasteiger partial charge in [-0.1, -0.05) is 54.2 Å². The van der Waals surface area contributed by atoms with E-state index in [1.165, 1.54) is 11.8 Å². The fourth-order valence-electron chi connectivity index (χ4n) is 2.36. The number of nitrogens with zero attached hydrogens (tertiary/aromatic N) is 3. The predicted octanol–water partition coefficient (Wildman–Crippen LogP) is 4.30. The van der Waals surface area contributed by atoms with E-state index in [2.05, 4.69) is 38.1 Å². The maximum absolute atomic E-state index is 12.2. The van der Waals surface area contributed by atoms with Gasteiger partial charge in [0.2, 0.25) is 5.91 Å². The van der Waals surface area contributed by atoms with Crippen molar-refractivity contribution in [3.63, 3.8) is 0 Å². The van der Waals surface area contributed by atoms with Gasteiger partial charge in [0.05, 0.1) is 11.4 Å². The van der Waals surface area contributed by atoms with Gasteiger partial charge in [-0.2, -0.15) is 0 Å². The Labute approximate surface area is 164 Å². The van der Waals surface area contributed by atoms with Gasteiger partial charge in [0.1, 0.15) is 0 Å². The van der Waals surface area contributed by atoms with Gasteiger partial charge in [-0.05, 0) is 41.6 Å². The first-order chi connectivity index (χ1) is 12.2. The second kappa shape index (κ2) is 8.48. The monoisotopic (exact) mass is 464 g/mol. The zero-order valence-corrected chi connectivity index (χ0v) is 16.6. The molecule has 0 saturated heterocycles. The minimum absolute atomic E-state index is 0.0546. The standard InChI is InChI=1S/C18H17IN4OS/c1-2-23-17(13-8-4-3-5-9-13)21-22-18(23)25-12-16(24)20-15-11-7-6-10-14(15)19/h3-11H,2,12H2,1H3,(H,20,24). The van der Waals surface area contributed by atoms with Crippen molar-refractivity contribution < 1.29 is 4.79 Å². The number of thioether (sulfide) groups is 1. The third-order valence-electron chi connectivity index (χ3n) is 3.55. The number of para-hydroxylation sites is 1. The Hall–Kier alpha value is -1.87. The average Bonchev–Trinajstić information content (AvgIpc) is 3.05. The maximum Gasteiger partial charge on any atom is 0.234 e. The highest BCUT2D eigenvalue weighted by molar-refractivity contribution is 14.1. The molecule has 0 aliphatic heterocycles. The van der Waals surface area contributed by atoms with Crippen LogP contribution in [0.5, 0.6) is 0 Å². The van der Waals surface area contributed by atoms with E-state index in [0.29, 0.717) is 0 Å². The quantitative estimate of drug-likeness (QED) is 0.437. The summed E-state index contributed by atoms with van der Waals surface area (Å²) >= 11 is 3.60. The zero-order valence-electron chi connectivity index (χ0n) is 13.6. The lowest BCUT2D eigenvalue weighted by atomic mass is 10.2. The minimum atomic E-state index is -0.0546. The molecule has 0 spiro atoms. The number of benzene rings is 2. The van der Waals surface area contributed by atoms with E-state index in [0.717, 1.165) is 32.3 Å². The van der Waals surface area contributed by atoms with Gasteiger partial charge in [0.25, 0.3) is 0 Å². The Morgan fingerprint density at radius 1 is 1.12 bits per heavy atom. The fourth-order valence-corrected chi connectivity index (χ4v) is 3.68. The summed E-state index contributed by atoms with van der Waals surface area (Å²) in [6, 6.07) is 17.7. The van der Waals surface area contributed by atoms with Crippen molar-refractivity contribution in [2.45, 2.75) is 18.6 Å². The number of nitrogens with one attached hydrogen (secondary N) is 1. The number of hydrogen-bond donors (Lipinski definition) is 1. The maximum atomic E-state index is 12.2. The molecule has 128 valence electrons. The van der Waals surface area contributed by atoms with Gasteiger partial charge in [0, 0.05) is 15.7 Å². The smallest absolute Gasteiger partial charge is 0.234 e. The molecule has 0 fully saturated rings. The topological polar surface area (TPSA) is 59.8 Å². The Morgan fingerprint density at radius 3 is 2.56 bits per heavy atom. The molecule has 0 aliphatic rings.